The average molecular weight is 514 g/mol. The van der Waals surface area contributed by atoms with Gasteiger partial charge in [-0.25, -0.2) is 13.1 Å². The van der Waals surface area contributed by atoms with Crippen molar-refractivity contribution in [2.45, 2.75) is 148 Å². The normalized spacial score (nSPS) is 11.4. The number of carboxylic acid groups (broad SMARTS) is 1. The molecule has 0 aromatic carbocycles. The molecule has 1 N–H and O–H groups in total. The molecule has 0 aliphatic heterocycles. The van der Waals surface area contributed by atoms with Crippen molar-refractivity contribution in [3.05, 3.63) is 0 Å². The zero-order valence-corrected chi connectivity index (χ0v) is 26.0. The molecule has 0 fully saturated rings. The SMILES string of the molecule is CCCCCCCCCCCCCCCCCCCCCCCS(=O)(=O)NCCC(=O)[O-].[K+]. The van der Waals surface area contributed by atoms with Gasteiger partial charge in [0.15, 0.2) is 0 Å². The third kappa shape index (κ3) is 31.0. The molecule has 0 radical (unpaired) electrons. The van der Waals surface area contributed by atoms with E-state index >= 15 is 0 Å². The Morgan fingerprint density at radius 3 is 1.21 bits per heavy atom. The third-order valence-corrected chi connectivity index (χ3v) is 7.64. The molecule has 0 amide bonds. The smallest absolute Gasteiger partial charge is 0.550 e. The molecule has 0 saturated carbocycles. The summed E-state index contributed by atoms with van der Waals surface area (Å²) in [4.78, 5) is 10.3. The standard InChI is InChI=1S/C26H53NO4S.K/c1-2-3-4-5-6-7-8-9-10-11-12-13-14-15-16-17-18-19-20-21-22-25-32(30,31)27-24-23-26(28)29;/h27H,2-25H2,1H3,(H,28,29);/q;+1/p-1. The van der Waals surface area contributed by atoms with Gasteiger partial charge in [-0.05, 0) is 6.42 Å². The fourth-order valence-electron chi connectivity index (χ4n) is 4.10. The number of carboxylic acids is 1. The van der Waals surface area contributed by atoms with Crippen LogP contribution >= 0.6 is 0 Å². The molecule has 0 aliphatic rings. The van der Waals surface area contributed by atoms with E-state index in [2.05, 4.69) is 11.6 Å². The minimum absolute atomic E-state index is 0. The fraction of sp³-hybridized carbons (Fsp3) is 0.962. The van der Waals surface area contributed by atoms with Crippen LogP contribution in [0.3, 0.4) is 0 Å². The number of nitrogens with one attached hydrogen (secondary N) is 1. The summed E-state index contributed by atoms with van der Waals surface area (Å²) in [6.45, 7) is 2.20. The summed E-state index contributed by atoms with van der Waals surface area (Å²) in [5.41, 5.74) is 0. The van der Waals surface area contributed by atoms with Crippen LogP contribution in [0.25, 0.3) is 0 Å². The van der Waals surface area contributed by atoms with Crippen molar-refractivity contribution in [1.82, 2.24) is 4.72 Å². The predicted molar refractivity (Wildman–Crippen MR) is 134 cm³/mol. The van der Waals surface area contributed by atoms with E-state index in [0.29, 0.717) is 6.42 Å². The molecule has 0 rings (SSSR count). The Bertz CT molecular complexity index is 514. The molecule has 0 saturated heterocycles. The van der Waals surface area contributed by atoms with Crippen molar-refractivity contribution in [3.8, 4) is 0 Å². The average Bonchev–Trinajstić information content (AvgIpc) is 2.74. The van der Waals surface area contributed by atoms with Crippen LogP contribution in [-0.2, 0) is 14.8 Å². The van der Waals surface area contributed by atoms with Gasteiger partial charge in [0.05, 0.1) is 5.75 Å². The predicted octanol–water partition coefficient (Wildman–Crippen LogP) is 3.26. The molecule has 0 unspecified atom stereocenters. The van der Waals surface area contributed by atoms with Gasteiger partial charge in [0.2, 0.25) is 10.0 Å². The first-order valence-corrected chi connectivity index (χ1v) is 15.3. The second-order valence-corrected chi connectivity index (χ2v) is 11.3. The van der Waals surface area contributed by atoms with Gasteiger partial charge in [0, 0.05) is 18.9 Å². The van der Waals surface area contributed by atoms with Crippen LogP contribution < -0.4 is 61.2 Å². The summed E-state index contributed by atoms with van der Waals surface area (Å²) in [7, 11) is -3.34. The van der Waals surface area contributed by atoms with Gasteiger partial charge in [-0.15, -0.1) is 0 Å². The molecule has 0 heterocycles. The summed E-state index contributed by atoms with van der Waals surface area (Å²) < 4.78 is 25.7. The van der Waals surface area contributed by atoms with E-state index in [0.717, 1.165) is 12.8 Å². The number of rotatable bonds is 26. The maximum atomic E-state index is 11.7. The van der Waals surface area contributed by atoms with Crippen LogP contribution in [0.5, 0.6) is 0 Å². The quantitative estimate of drug-likeness (QED) is 0.142. The fourth-order valence-corrected chi connectivity index (χ4v) is 5.25. The summed E-state index contributed by atoms with van der Waals surface area (Å²) in [6, 6.07) is 0. The van der Waals surface area contributed by atoms with Crippen LogP contribution in [0.4, 0.5) is 0 Å². The molecule has 0 bridgehead atoms. The Balaban J connectivity index is 0. The maximum Gasteiger partial charge on any atom is 1.00 e. The minimum atomic E-state index is -3.34. The monoisotopic (exact) mass is 513 g/mol. The summed E-state index contributed by atoms with van der Waals surface area (Å²) >= 11 is 0. The van der Waals surface area contributed by atoms with Crippen LogP contribution in [-0.4, -0.2) is 26.7 Å². The van der Waals surface area contributed by atoms with Gasteiger partial charge < -0.3 is 9.90 Å². The number of unbranched alkanes of at least 4 members (excludes halogenated alkanes) is 20. The first kappa shape index (κ1) is 36.2. The molecule has 0 atom stereocenters. The Labute approximate surface area is 248 Å². The third-order valence-electron chi connectivity index (χ3n) is 6.17. The number of carbonyl (C=O) groups is 1. The largest absolute Gasteiger partial charge is 1.00 e. The Morgan fingerprint density at radius 1 is 0.606 bits per heavy atom. The molecular weight excluding hydrogens is 461 g/mol. The molecule has 0 aromatic rings. The van der Waals surface area contributed by atoms with Crippen LogP contribution in [0.15, 0.2) is 0 Å². The van der Waals surface area contributed by atoms with E-state index in [-0.39, 0.29) is 70.1 Å². The number of aliphatic carboxylic acids is 1. The van der Waals surface area contributed by atoms with E-state index in [1.807, 2.05) is 0 Å². The first-order valence-electron chi connectivity index (χ1n) is 13.6. The molecular formula is C26H52KNO4S. The van der Waals surface area contributed by atoms with E-state index in [4.69, 9.17) is 0 Å². The van der Waals surface area contributed by atoms with Crippen LogP contribution in [0, 0.1) is 0 Å². The van der Waals surface area contributed by atoms with E-state index in [9.17, 15) is 18.3 Å². The zero-order chi connectivity index (χ0) is 23.8. The Hall–Kier alpha value is 1.02. The van der Waals surface area contributed by atoms with Gasteiger partial charge in [0.25, 0.3) is 0 Å². The van der Waals surface area contributed by atoms with Crippen molar-refractivity contribution in [2.24, 2.45) is 0 Å². The number of hydrogen-bond acceptors (Lipinski definition) is 4. The number of sulfonamides is 1. The van der Waals surface area contributed by atoms with Crippen LogP contribution in [0.2, 0.25) is 0 Å². The molecule has 0 aliphatic carbocycles. The van der Waals surface area contributed by atoms with Crippen molar-refractivity contribution in [2.75, 3.05) is 12.3 Å². The zero-order valence-electron chi connectivity index (χ0n) is 22.0. The summed E-state index contributed by atoms with van der Waals surface area (Å²) in [6.07, 6.45) is 27.1. The van der Waals surface area contributed by atoms with Crippen molar-refractivity contribution in [3.63, 3.8) is 0 Å². The van der Waals surface area contributed by atoms with E-state index in [1.165, 1.54) is 116 Å². The Morgan fingerprint density at radius 2 is 0.909 bits per heavy atom. The number of hydrogen-bond donors (Lipinski definition) is 1. The summed E-state index contributed by atoms with van der Waals surface area (Å²) in [5.74, 6) is -1.15. The van der Waals surface area contributed by atoms with Crippen molar-refractivity contribution < 1.29 is 69.7 Å². The van der Waals surface area contributed by atoms with Gasteiger partial charge >= 0.3 is 51.4 Å². The summed E-state index contributed by atoms with van der Waals surface area (Å²) in [5, 5.41) is 10.3. The molecule has 192 valence electrons. The van der Waals surface area contributed by atoms with E-state index < -0.39 is 16.0 Å². The first-order chi connectivity index (χ1) is 15.5. The van der Waals surface area contributed by atoms with Gasteiger partial charge in [-0.2, -0.15) is 0 Å². The Kier molecular flexibility index (Phi) is 30.3. The topological polar surface area (TPSA) is 86.3 Å². The molecule has 0 spiro atoms. The molecule has 7 heteroatoms. The van der Waals surface area contributed by atoms with Gasteiger partial charge in [-0.3, -0.25) is 0 Å². The maximum absolute atomic E-state index is 11.7. The van der Waals surface area contributed by atoms with Crippen molar-refractivity contribution in [1.29, 1.82) is 0 Å². The molecule has 5 nitrogen and oxygen atoms in total. The minimum Gasteiger partial charge on any atom is -0.550 e. The van der Waals surface area contributed by atoms with Gasteiger partial charge in [-0.1, -0.05) is 135 Å². The van der Waals surface area contributed by atoms with E-state index in [1.54, 1.807) is 0 Å². The molecule has 33 heavy (non-hydrogen) atoms. The molecule has 0 aromatic heterocycles. The second kappa shape index (κ2) is 27.6. The van der Waals surface area contributed by atoms with Crippen molar-refractivity contribution >= 4 is 16.0 Å². The second-order valence-electron chi connectivity index (χ2n) is 9.41. The number of carbonyl (C=O) groups excluding carboxylic acids is 1. The van der Waals surface area contributed by atoms with Crippen LogP contribution in [0.1, 0.15) is 148 Å². The van der Waals surface area contributed by atoms with Gasteiger partial charge in [0.1, 0.15) is 0 Å².